The number of rotatable bonds is 4. The average molecular weight is 282 g/mol. The van der Waals surface area contributed by atoms with E-state index in [0.29, 0.717) is 6.04 Å². The minimum Gasteiger partial charge on any atom is -0.336 e. The number of hydrogen-bond donors (Lipinski definition) is 1. The number of fused-ring (bicyclic) bond motifs is 1. The van der Waals surface area contributed by atoms with E-state index in [0.717, 1.165) is 37.6 Å². The predicted octanol–water partition coefficient (Wildman–Crippen LogP) is 2.54. The van der Waals surface area contributed by atoms with Crippen LogP contribution in [0.15, 0.2) is 36.7 Å². The molecule has 0 radical (unpaired) electrons. The van der Waals surface area contributed by atoms with Crippen LogP contribution in [0.3, 0.4) is 0 Å². The summed E-state index contributed by atoms with van der Waals surface area (Å²) in [5.74, 6) is 0.831. The van der Waals surface area contributed by atoms with E-state index in [1.165, 1.54) is 11.1 Å². The Kier molecular flexibility index (Phi) is 4.15. The molecule has 0 bridgehead atoms. The Balaban J connectivity index is 1.68. The highest BCUT2D eigenvalue weighted by atomic mass is 15.2. The summed E-state index contributed by atoms with van der Waals surface area (Å²) >= 11 is 0. The minimum atomic E-state index is 0.475. The normalized spacial score (nSPS) is 14.3. The summed E-state index contributed by atoms with van der Waals surface area (Å²) in [7, 11) is 0. The van der Waals surface area contributed by atoms with Crippen LogP contribution < -0.4 is 10.2 Å². The SMILES string of the molecule is CC(C)NCc1cnc(N2CCc3ccccc3C2)nc1. The van der Waals surface area contributed by atoms with Crippen LogP contribution >= 0.6 is 0 Å². The van der Waals surface area contributed by atoms with Gasteiger partial charge in [0.05, 0.1) is 0 Å². The van der Waals surface area contributed by atoms with Crippen molar-refractivity contribution in [2.24, 2.45) is 0 Å². The van der Waals surface area contributed by atoms with Gasteiger partial charge in [0.15, 0.2) is 0 Å². The molecule has 0 spiro atoms. The summed E-state index contributed by atoms with van der Waals surface area (Å²) in [4.78, 5) is 11.3. The first-order valence-electron chi connectivity index (χ1n) is 7.58. The fraction of sp³-hybridized carbons (Fsp3) is 0.412. The maximum atomic E-state index is 4.53. The summed E-state index contributed by atoms with van der Waals surface area (Å²) in [5, 5.41) is 3.38. The van der Waals surface area contributed by atoms with Gasteiger partial charge in [0.2, 0.25) is 5.95 Å². The smallest absolute Gasteiger partial charge is 0.225 e. The van der Waals surface area contributed by atoms with Crippen molar-refractivity contribution in [2.75, 3.05) is 11.4 Å². The Hall–Kier alpha value is -1.94. The van der Waals surface area contributed by atoms with Crippen LogP contribution in [0, 0.1) is 0 Å². The second kappa shape index (κ2) is 6.22. The average Bonchev–Trinajstić information content (AvgIpc) is 2.53. The third kappa shape index (κ3) is 3.39. The standard InChI is InChI=1S/C17H22N4/c1-13(2)18-9-14-10-19-17(20-11-14)21-8-7-15-5-3-4-6-16(15)12-21/h3-6,10-11,13,18H,7-9,12H2,1-2H3. The van der Waals surface area contributed by atoms with Gasteiger partial charge < -0.3 is 10.2 Å². The van der Waals surface area contributed by atoms with E-state index in [2.05, 4.69) is 58.3 Å². The lowest BCUT2D eigenvalue weighted by Crippen LogP contribution is -2.31. The number of nitrogens with one attached hydrogen (secondary N) is 1. The molecular formula is C17H22N4. The first-order chi connectivity index (χ1) is 10.2. The summed E-state index contributed by atoms with van der Waals surface area (Å²) in [5.41, 5.74) is 3.97. The molecular weight excluding hydrogens is 260 g/mol. The third-order valence-corrected chi connectivity index (χ3v) is 3.82. The molecule has 1 aliphatic rings. The van der Waals surface area contributed by atoms with Crippen molar-refractivity contribution in [2.45, 2.75) is 39.4 Å². The van der Waals surface area contributed by atoms with Crippen molar-refractivity contribution in [3.8, 4) is 0 Å². The summed E-state index contributed by atoms with van der Waals surface area (Å²) in [6.45, 7) is 6.99. The summed E-state index contributed by atoms with van der Waals surface area (Å²) < 4.78 is 0. The van der Waals surface area contributed by atoms with Crippen LogP contribution in [0.4, 0.5) is 5.95 Å². The topological polar surface area (TPSA) is 41.1 Å². The van der Waals surface area contributed by atoms with Gasteiger partial charge in [0.1, 0.15) is 0 Å². The second-order valence-corrected chi connectivity index (χ2v) is 5.87. The van der Waals surface area contributed by atoms with Crippen LogP contribution in [0.1, 0.15) is 30.5 Å². The molecule has 0 saturated heterocycles. The quantitative estimate of drug-likeness (QED) is 0.935. The van der Waals surface area contributed by atoms with E-state index < -0.39 is 0 Å². The number of nitrogens with zero attached hydrogens (tertiary/aromatic N) is 3. The molecule has 0 unspecified atom stereocenters. The molecule has 1 aromatic carbocycles. The van der Waals surface area contributed by atoms with Gasteiger partial charge in [-0.15, -0.1) is 0 Å². The van der Waals surface area contributed by atoms with Gasteiger partial charge in [-0.2, -0.15) is 0 Å². The number of anilines is 1. The third-order valence-electron chi connectivity index (χ3n) is 3.82. The molecule has 2 heterocycles. The largest absolute Gasteiger partial charge is 0.336 e. The van der Waals surface area contributed by atoms with E-state index in [1.807, 2.05) is 12.4 Å². The van der Waals surface area contributed by atoms with Gasteiger partial charge in [-0.25, -0.2) is 9.97 Å². The maximum Gasteiger partial charge on any atom is 0.225 e. The fourth-order valence-electron chi connectivity index (χ4n) is 2.59. The number of aromatic nitrogens is 2. The molecule has 1 aliphatic heterocycles. The molecule has 4 heteroatoms. The fourth-order valence-corrected chi connectivity index (χ4v) is 2.59. The van der Waals surface area contributed by atoms with E-state index in [-0.39, 0.29) is 0 Å². The van der Waals surface area contributed by atoms with Crippen LogP contribution in [-0.2, 0) is 19.5 Å². The zero-order valence-electron chi connectivity index (χ0n) is 12.7. The Morgan fingerprint density at radius 3 is 2.57 bits per heavy atom. The molecule has 21 heavy (non-hydrogen) atoms. The molecule has 3 rings (SSSR count). The molecule has 1 aromatic heterocycles. The van der Waals surface area contributed by atoms with Gasteiger partial charge >= 0.3 is 0 Å². The Labute approximate surface area is 126 Å². The lowest BCUT2D eigenvalue weighted by Gasteiger charge is -2.28. The zero-order chi connectivity index (χ0) is 14.7. The first-order valence-corrected chi connectivity index (χ1v) is 7.58. The van der Waals surface area contributed by atoms with Gasteiger partial charge in [-0.1, -0.05) is 38.1 Å². The van der Waals surface area contributed by atoms with Crippen molar-refractivity contribution in [3.05, 3.63) is 53.3 Å². The lowest BCUT2D eigenvalue weighted by molar-refractivity contribution is 0.586. The van der Waals surface area contributed by atoms with Crippen LogP contribution in [0.2, 0.25) is 0 Å². The Morgan fingerprint density at radius 1 is 1.14 bits per heavy atom. The Morgan fingerprint density at radius 2 is 1.86 bits per heavy atom. The number of benzene rings is 1. The zero-order valence-corrected chi connectivity index (χ0v) is 12.7. The first kappa shape index (κ1) is 14.0. The molecule has 0 atom stereocenters. The maximum absolute atomic E-state index is 4.53. The van der Waals surface area contributed by atoms with Gasteiger partial charge in [0, 0.05) is 43.6 Å². The highest BCUT2D eigenvalue weighted by Crippen LogP contribution is 2.21. The molecule has 0 saturated carbocycles. The molecule has 2 aromatic rings. The van der Waals surface area contributed by atoms with Crippen LogP contribution in [0.5, 0.6) is 0 Å². The van der Waals surface area contributed by atoms with E-state index >= 15 is 0 Å². The number of hydrogen-bond acceptors (Lipinski definition) is 4. The van der Waals surface area contributed by atoms with E-state index in [4.69, 9.17) is 0 Å². The molecule has 110 valence electrons. The van der Waals surface area contributed by atoms with Crippen LogP contribution in [0.25, 0.3) is 0 Å². The van der Waals surface area contributed by atoms with E-state index in [1.54, 1.807) is 0 Å². The second-order valence-electron chi connectivity index (χ2n) is 5.87. The molecule has 4 nitrogen and oxygen atoms in total. The van der Waals surface area contributed by atoms with Crippen molar-refractivity contribution >= 4 is 5.95 Å². The highest BCUT2D eigenvalue weighted by Gasteiger charge is 2.17. The summed E-state index contributed by atoms with van der Waals surface area (Å²) in [6, 6.07) is 9.10. The molecule has 0 aliphatic carbocycles. The van der Waals surface area contributed by atoms with Crippen molar-refractivity contribution in [1.82, 2.24) is 15.3 Å². The van der Waals surface area contributed by atoms with Gasteiger partial charge in [-0.05, 0) is 17.5 Å². The van der Waals surface area contributed by atoms with Crippen molar-refractivity contribution in [1.29, 1.82) is 0 Å². The van der Waals surface area contributed by atoms with Crippen LogP contribution in [-0.4, -0.2) is 22.6 Å². The van der Waals surface area contributed by atoms with Gasteiger partial charge in [0.25, 0.3) is 0 Å². The van der Waals surface area contributed by atoms with Crippen molar-refractivity contribution < 1.29 is 0 Å². The molecule has 0 amide bonds. The highest BCUT2D eigenvalue weighted by molar-refractivity contribution is 5.39. The predicted molar refractivity (Wildman–Crippen MR) is 85.2 cm³/mol. The molecule has 1 N–H and O–H groups in total. The monoisotopic (exact) mass is 282 g/mol. The van der Waals surface area contributed by atoms with Gasteiger partial charge in [-0.3, -0.25) is 0 Å². The summed E-state index contributed by atoms with van der Waals surface area (Å²) in [6.07, 6.45) is 4.92. The lowest BCUT2D eigenvalue weighted by atomic mass is 10.0. The van der Waals surface area contributed by atoms with E-state index in [9.17, 15) is 0 Å². The molecule has 0 fully saturated rings. The minimum absolute atomic E-state index is 0.475. The van der Waals surface area contributed by atoms with Crippen molar-refractivity contribution in [3.63, 3.8) is 0 Å². The Bertz CT molecular complexity index is 592.